The highest BCUT2D eigenvalue weighted by molar-refractivity contribution is 14.1. The SMILES string of the molecule is I.I.I.I.I.I.I.Ic1cccc2c3nc4nc(nc5[nH]c(nc6nc(nc([nH]3)c12)-c1ccccc1-6)c1ccccc51)-c1ccccc1-4. The molecule has 0 unspecified atom stereocenters. The smallest absolute Gasteiger partial charge is 0.164 e. The van der Waals surface area contributed by atoms with Crippen LogP contribution >= 0.6 is 190 Å². The lowest BCUT2D eigenvalue weighted by molar-refractivity contribution is 1.19. The van der Waals surface area contributed by atoms with Crippen molar-refractivity contribution in [1.82, 2.24) is 39.9 Å². The number of aromatic amines is 2. The average Bonchev–Trinajstić information content (AvgIpc) is 3.73. The first-order valence-corrected chi connectivity index (χ1v) is 14.2. The van der Waals surface area contributed by atoms with Gasteiger partial charge < -0.3 is 9.97 Å². The predicted molar refractivity (Wildman–Crippen MR) is 277 cm³/mol. The molecular weight excluding hydrogens is 1510 g/mol. The summed E-state index contributed by atoms with van der Waals surface area (Å²) in [5.41, 5.74) is 6.46. The summed E-state index contributed by atoms with van der Waals surface area (Å²) in [5.74, 6) is 2.39. The second kappa shape index (κ2) is 18.2. The first-order chi connectivity index (χ1) is 20.2. The number of nitrogens with zero attached hydrogens (tertiary/aromatic N) is 6. The number of benzene rings is 4. The van der Waals surface area contributed by atoms with E-state index in [-0.39, 0.29) is 168 Å². The second-order valence-corrected chi connectivity index (χ2v) is 11.1. The van der Waals surface area contributed by atoms with Gasteiger partial charge in [0.05, 0.1) is 0 Å². The van der Waals surface area contributed by atoms with Crippen LogP contribution in [0.2, 0.25) is 0 Å². The Morgan fingerprint density at radius 3 is 1.12 bits per heavy atom. The zero-order valence-electron chi connectivity index (χ0n) is 24.1. The summed E-state index contributed by atoms with van der Waals surface area (Å²) in [6.45, 7) is 0. The van der Waals surface area contributed by atoms with E-state index in [1.165, 1.54) is 0 Å². The van der Waals surface area contributed by atoms with Crippen molar-refractivity contribution in [2.45, 2.75) is 0 Å². The summed E-state index contributed by atoms with van der Waals surface area (Å²) in [4.78, 5) is 37.0. The molecule has 9 rings (SSSR count). The van der Waals surface area contributed by atoms with Crippen molar-refractivity contribution in [3.63, 3.8) is 0 Å². The van der Waals surface area contributed by atoms with Crippen molar-refractivity contribution >= 4 is 235 Å². The normalized spacial score (nSPS) is 10.3. The topological polar surface area (TPSA) is 109 Å². The molecule has 3 aromatic heterocycles. The average molecular weight is 1540 g/mol. The van der Waals surface area contributed by atoms with Gasteiger partial charge in [-0.05, 0) is 28.7 Å². The van der Waals surface area contributed by atoms with Crippen LogP contribution in [-0.4, -0.2) is 39.9 Å². The van der Waals surface area contributed by atoms with Gasteiger partial charge in [-0.2, -0.15) is 0 Å². The van der Waals surface area contributed by atoms with E-state index in [9.17, 15) is 0 Å². The summed E-state index contributed by atoms with van der Waals surface area (Å²) < 4.78 is 1.07. The van der Waals surface area contributed by atoms with Crippen LogP contribution in [0.4, 0.5) is 0 Å². The molecule has 0 aliphatic carbocycles. The number of halogens is 8. The van der Waals surface area contributed by atoms with Gasteiger partial charge in [0.25, 0.3) is 0 Å². The number of hydrogen-bond donors (Lipinski definition) is 2. The highest BCUT2D eigenvalue weighted by Gasteiger charge is 2.22. The fraction of sp³-hybridized carbons (Fsp3) is 0. The van der Waals surface area contributed by atoms with E-state index in [1.807, 2.05) is 78.9 Å². The minimum absolute atomic E-state index is 0. The Hall–Kier alpha value is 0.0800. The zero-order valence-corrected chi connectivity index (χ0v) is 42.5. The molecule has 2 aliphatic heterocycles. The molecule has 0 radical (unpaired) electrons. The quantitative estimate of drug-likeness (QED) is 0.146. The van der Waals surface area contributed by atoms with Crippen LogP contribution in [-0.2, 0) is 0 Å². The maximum atomic E-state index is 5.07. The minimum Gasteiger partial charge on any atom is -0.324 e. The first kappa shape index (κ1) is 44.2. The molecule has 0 spiro atoms. The van der Waals surface area contributed by atoms with E-state index in [0.29, 0.717) is 45.9 Å². The fourth-order valence-corrected chi connectivity index (χ4v) is 6.40. The third kappa shape index (κ3) is 7.59. The molecule has 248 valence electrons. The summed E-state index contributed by atoms with van der Waals surface area (Å²) >= 11 is 2.35. The third-order valence-corrected chi connectivity index (χ3v) is 8.43. The van der Waals surface area contributed by atoms with E-state index in [0.717, 1.165) is 47.4 Å². The Labute approximate surface area is 407 Å². The van der Waals surface area contributed by atoms with Crippen molar-refractivity contribution in [3.8, 4) is 45.6 Å². The number of fused-ring (bicyclic) bond motifs is 20. The molecular formula is C32H24I8N8. The Bertz CT molecular complexity index is 2420. The van der Waals surface area contributed by atoms with Gasteiger partial charge in [0, 0.05) is 47.4 Å². The maximum Gasteiger partial charge on any atom is 0.164 e. The Morgan fingerprint density at radius 2 is 0.688 bits per heavy atom. The molecule has 48 heavy (non-hydrogen) atoms. The van der Waals surface area contributed by atoms with Crippen LogP contribution < -0.4 is 0 Å². The van der Waals surface area contributed by atoms with Crippen molar-refractivity contribution in [1.29, 1.82) is 0 Å². The molecule has 0 atom stereocenters. The lowest BCUT2D eigenvalue weighted by Crippen LogP contribution is -1.83. The lowest BCUT2D eigenvalue weighted by atomic mass is 10.1. The van der Waals surface area contributed by atoms with Gasteiger partial charge in [0.2, 0.25) is 0 Å². The monoisotopic (exact) mass is 1540 g/mol. The molecule has 0 amide bonds. The summed E-state index contributed by atoms with van der Waals surface area (Å²) in [6.07, 6.45) is 0. The summed E-state index contributed by atoms with van der Waals surface area (Å²) in [6, 6.07) is 30.4. The van der Waals surface area contributed by atoms with Gasteiger partial charge >= 0.3 is 0 Å². The number of H-pyrrole nitrogens is 2. The van der Waals surface area contributed by atoms with E-state index >= 15 is 0 Å². The molecule has 0 saturated carbocycles. The molecule has 8 nitrogen and oxygen atoms in total. The second-order valence-electron chi connectivity index (χ2n) is 9.91. The molecule has 4 aromatic carbocycles. The molecule has 16 heteroatoms. The number of rotatable bonds is 0. The predicted octanol–water partition coefficient (Wildman–Crippen LogP) is 11.8. The van der Waals surface area contributed by atoms with Crippen LogP contribution in [0.15, 0.2) is 91.0 Å². The van der Waals surface area contributed by atoms with E-state index in [4.69, 9.17) is 29.9 Å². The Morgan fingerprint density at radius 1 is 0.354 bits per heavy atom. The summed E-state index contributed by atoms with van der Waals surface area (Å²) in [5, 5.41) is 3.86. The van der Waals surface area contributed by atoms with Gasteiger partial charge in [0.15, 0.2) is 23.3 Å². The van der Waals surface area contributed by atoms with Crippen molar-refractivity contribution in [2.24, 2.45) is 0 Å². The fourth-order valence-electron chi connectivity index (χ4n) is 5.65. The van der Waals surface area contributed by atoms with Crippen LogP contribution in [0.5, 0.6) is 0 Å². The van der Waals surface area contributed by atoms with Crippen molar-refractivity contribution < 1.29 is 0 Å². The van der Waals surface area contributed by atoms with Gasteiger partial charge in [-0.25, -0.2) is 29.9 Å². The molecule has 0 fully saturated rings. The van der Waals surface area contributed by atoms with Gasteiger partial charge in [-0.1, -0.05) is 84.9 Å². The highest BCUT2D eigenvalue weighted by Crippen LogP contribution is 2.37. The first-order valence-electron chi connectivity index (χ1n) is 13.1. The number of hydrogen-bond acceptors (Lipinski definition) is 6. The Kier molecular flexibility index (Phi) is 16.8. The molecule has 0 saturated heterocycles. The molecule has 5 heterocycles. The zero-order chi connectivity index (χ0) is 27.1. The highest BCUT2D eigenvalue weighted by atomic mass is 127. The Balaban J connectivity index is 0.00000114. The number of aromatic nitrogens is 8. The van der Waals surface area contributed by atoms with E-state index < -0.39 is 0 Å². The standard InChI is InChI=1S/C32H17IN8.7HI/c33-23-15-7-14-22-24(23)32-40-30-21-13-6-5-12-20(21)28(38-30)36-26-17-9-2-1-8-16(17)25(34-26)35-27-18-10-3-4-11-19(18)29(37-27)39-31(22)41-32;;;;;;;/h1-15H,(H2,34,35,36,37,38,39,40,41);7*1H. The van der Waals surface area contributed by atoms with Crippen molar-refractivity contribution in [3.05, 3.63) is 94.6 Å². The van der Waals surface area contributed by atoms with Gasteiger partial charge in [-0.3, -0.25) is 0 Å². The van der Waals surface area contributed by atoms with Crippen LogP contribution in [0.25, 0.3) is 89.7 Å². The van der Waals surface area contributed by atoms with Crippen LogP contribution in [0, 0.1) is 3.57 Å². The molecule has 2 N–H and O–H groups in total. The van der Waals surface area contributed by atoms with E-state index in [2.05, 4.69) is 44.7 Å². The lowest BCUT2D eigenvalue weighted by Gasteiger charge is -1.96. The molecule has 7 aromatic rings. The maximum absolute atomic E-state index is 5.07. The van der Waals surface area contributed by atoms with Crippen LogP contribution in [0.3, 0.4) is 0 Å². The largest absolute Gasteiger partial charge is 0.324 e. The van der Waals surface area contributed by atoms with Crippen molar-refractivity contribution in [2.75, 3.05) is 0 Å². The van der Waals surface area contributed by atoms with Crippen LogP contribution in [0.1, 0.15) is 0 Å². The molecule has 2 aliphatic rings. The summed E-state index contributed by atoms with van der Waals surface area (Å²) in [7, 11) is 0. The number of nitrogens with one attached hydrogen (secondary N) is 2. The minimum atomic E-state index is 0. The van der Waals surface area contributed by atoms with Gasteiger partial charge in [0.1, 0.15) is 22.6 Å². The van der Waals surface area contributed by atoms with Gasteiger partial charge in [-0.15, -0.1) is 168 Å². The van der Waals surface area contributed by atoms with E-state index in [1.54, 1.807) is 0 Å². The molecule has 8 bridgehead atoms. The third-order valence-electron chi connectivity index (χ3n) is 7.53.